The molecule has 0 amide bonds. The number of pyridine rings is 1. The molecule has 45 heavy (non-hydrogen) atoms. The van der Waals surface area contributed by atoms with E-state index in [1.807, 2.05) is 18.2 Å². The van der Waals surface area contributed by atoms with Crippen LogP contribution in [0.2, 0.25) is 0 Å². The van der Waals surface area contributed by atoms with E-state index in [9.17, 15) is 0 Å². The van der Waals surface area contributed by atoms with E-state index in [0.717, 1.165) is 44.0 Å². The summed E-state index contributed by atoms with van der Waals surface area (Å²) in [7, 11) is 0. The fourth-order valence-corrected chi connectivity index (χ4v) is 6.88. The molecule has 0 N–H and O–H groups in total. The van der Waals surface area contributed by atoms with E-state index in [-0.39, 0.29) is 0 Å². The number of benzene rings is 6. The van der Waals surface area contributed by atoms with Crippen molar-refractivity contribution in [3.8, 4) is 56.4 Å². The quantitative estimate of drug-likeness (QED) is 0.210. The maximum atomic E-state index is 6.17. The monoisotopic (exact) mass is 574 g/mol. The van der Waals surface area contributed by atoms with E-state index < -0.39 is 0 Å². The van der Waals surface area contributed by atoms with Crippen LogP contribution < -0.4 is 0 Å². The standard InChI is InChI=1S/C40H22N4O/c1-2-7-25-20-26(15-14-23(25)6-1)38-42-39(27-16-17-28-29-10-3-8-24-9-4-11-30(36(24)29)33(28)21-27)44-40(43-38)32-12-5-13-34-37(32)31-18-19-41-22-35(31)45-34/h1-22H. The van der Waals surface area contributed by atoms with Crippen LogP contribution >= 0.6 is 0 Å². The highest BCUT2D eigenvalue weighted by atomic mass is 16.3. The minimum absolute atomic E-state index is 0.596. The molecule has 3 heterocycles. The third-order valence-corrected chi connectivity index (χ3v) is 8.95. The van der Waals surface area contributed by atoms with Gasteiger partial charge in [-0.15, -0.1) is 0 Å². The number of rotatable bonds is 3. The Morgan fingerprint density at radius 3 is 1.98 bits per heavy atom. The number of furan rings is 1. The van der Waals surface area contributed by atoms with Crippen molar-refractivity contribution in [3.05, 3.63) is 134 Å². The van der Waals surface area contributed by atoms with Crippen molar-refractivity contribution < 1.29 is 4.42 Å². The van der Waals surface area contributed by atoms with Crippen LogP contribution in [0.3, 0.4) is 0 Å². The first-order valence-corrected chi connectivity index (χ1v) is 15.0. The Balaban J connectivity index is 1.22. The molecule has 0 bridgehead atoms. The topological polar surface area (TPSA) is 64.7 Å². The highest BCUT2D eigenvalue weighted by Crippen LogP contribution is 2.48. The predicted octanol–water partition coefficient (Wildman–Crippen LogP) is 10.1. The van der Waals surface area contributed by atoms with E-state index in [1.165, 1.54) is 38.4 Å². The van der Waals surface area contributed by atoms with Gasteiger partial charge in [0.1, 0.15) is 5.58 Å². The largest absolute Gasteiger partial charge is 0.454 e. The zero-order valence-electron chi connectivity index (χ0n) is 23.9. The van der Waals surface area contributed by atoms with Gasteiger partial charge in [0.15, 0.2) is 23.1 Å². The van der Waals surface area contributed by atoms with Crippen molar-refractivity contribution in [2.75, 3.05) is 0 Å². The predicted molar refractivity (Wildman–Crippen MR) is 181 cm³/mol. The van der Waals surface area contributed by atoms with Crippen LogP contribution in [-0.4, -0.2) is 19.9 Å². The molecule has 10 rings (SSSR count). The minimum atomic E-state index is 0.596. The van der Waals surface area contributed by atoms with Crippen LogP contribution in [0.4, 0.5) is 0 Å². The molecular formula is C40H22N4O. The fourth-order valence-electron chi connectivity index (χ4n) is 6.88. The summed E-state index contributed by atoms with van der Waals surface area (Å²) in [5, 5.41) is 6.80. The summed E-state index contributed by atoms with van der Waals surface area (Å²) in [6.45, 7) is 0. The van der Waals surface area contributed by atoms with Crippen molar-refractivity contribution in [1.29, 1.82) is 0 Å². The van der Waals surface area contributed by atoms with Gasteiger partial charge >= 0.3 is 0 Å². The summed E-state index contributed by atoms with van der Waals surface area (Å²) in [6.07, 6.45) is 3.54. The lowest BCUT2D eigenvalue weighted by Crippen LogP contribution is -2.00. The van der Waals surface area contributed by atoms with Crippen molar-refractivity contribution in [3.63, 3.8) is 0 Å². The highest BCUT2D eigenvalue weighted by Gasteiger charge is 2.23. The van der Waals surface area contributed by atoms with Gasteiger partial charge in [0.25, 0.3) is 0 Å². The molecule has 0 saturated carbocycles. The number of hydrogen-bond donors (Lipinski definition) is 0. The molecule has 3 aromatic heterocycles. The van der Waals surface area contributed by atoms with Crippen LogP contribution in [0.1, 0.15) is 0 Å². The molecule has 9 aromatic rings. The highest BCUT2D eigenvalue weighted by molar-refractivity contribution is 6.16. The van der Waals surface area contributed by atoms with Gasteiger partial charge in [-0.1, -0.05) is 97.1 Å². The molecule has 5 nitrogen and oxygen atoms in total. The smallest absolute Gasteiger partial charge is 0.164 e. The molecule has 0 aliphatic heterocycles. The molecule has 6 aromatic carbocycles. The Kier molecular flexibility index (Phi) is 4.93. The van der Waals surface area contributed by atoms with Gasteiger partial charge in [0.2, 0.25) is 0 Å². The minimum Gasteiger partial charge on any atom is -0.454 e. The lowest BCUT2D eigenvalue weighted by Gasteiger charge is -2.11. The first-order chi connectivity index (χ1) is 22.3. The Hall–Kier alpha value is -6.20. The maximum absolute atomic E-state index is 6.17. The van der Waals surface area contributed by atoms with Crippen molar-refractivity contribution in [2.45, 2.75) is 0 Å². The van der Waals surface area contributed by atoms with Crippen molar-refractivity contribution >= 4 is 43.5 Å². The second-order valence-electron chi connectivity index (χ2n) is 11.5. The van der Waals surface area contributed by atoms with Gasteiger partial charge in [-0.25, -0.2) is 15.0 Å². The zero-order valence-corrected chi connectivity index (χ0v) is 23.9. The Bertz CT molecular complexity index is 2670. The molecule has 208 valence electrons. The average molecular weight is 575 g/mol. The Morgan fingerprint density at radius 1 is 0.422 bits per heavy atom. The van der Waals surface area contributed by atoms with Gasteiger partial charge in [-0.05, 0) is 68.1 Å². The zero-order chi connectivity index (χ0) is 29.5. The van der Waals surface area contributed by atoms with Crippen LogP contribution in [0.25, 0.3) is 99.9 Å². The Morgan fingerprint density at radius 2 is 1.11 bits per heavy atom. The average Bonchev–Trinajstić information content (AvgIpc) is 3.65. The Labute approximate surface area is 257 Å². The molecule has 0 unspecified atom stereocenters. The third kappa shape index (κ3) is 3.61. The number of aromatic nitrogens is 4. The molecule has 5 heteroatoms. The van der Waals surface area contributed by atoms with Gasteiger partial charge in [0.05, 0.1) is 6.20 Å². The van der Waals surface area contributed by atoms with Crippen LogP contribution in [-0.2, 0) is 0 Å². The van der Waals surface area contributed by atoms with E-state index in [2.05, 4.69) is 108 Å². The number of hydrogen-bond acceptors (Lipinski definition) is 5. The first kappa shape index (κ1) is 24.3. The summed E-state index contributed by atoms with van der Waals surface area (Å²) >= 11 is 0. The van der Waals surface area contributed by atoms with E-state index in [4.69, 9.17) is 19.4 Å². The molecular weight excluding hydrogens is 552 g/mol. The van der Waals surface area contributed by atoms with Crippen LogP contribution in [0.15, 0.2) is 138 Å². The van der Waals surface area contributed by atoms with E-state index in [1.54, 1.807) is 12.4 Å². The van der Waals surface area contributed by atoms with Crippen molar-refractivity contribution in [2.24, 2.45) is 0 Å². The van der Waals surface area contributed by atoms with Gasteiger partial charge < -0.3 is 4.42 Å². The van der Waals surface area contributed by atoms with Gasteiger partial charge in [0, 0.05) is 33.7 Å². The molecule has 0 spiro atoms. The first-order valence-electron chi connectivity index (χ1n) is 15.0. The summed E-state index contributed by atoms with van der Waals surface area (Å²) in [6, 6.07) is 42.3. The fraction of sp³-hybridized carbons (Fsp3) is 0. The second kappa shape index (κ2) is 9.15. The maximum Gasteiger partial charge on any atom is 0.164 e. The lowest BCUT2D eigenvalue weighted by atomic mass is 10.0. The molecule has 1 aliphatic rings. The molecule has 0 fully saturated rings. The number of fused-ring (bicyclic) bond motifs is 7. The summed E-state index contributed by atoms with van der Waals surface area (Å²) in [5.74, 6) is 1.85. The summed E-state index contributed by atoms with van der Waals surface area (Å²) in [4.78, 5) is 19.6. The molecule has 0 saturated heterocycles. The number of nitrogens with zero attached hydrogens (tertiary/aromatic N) is 4. The molecule has 1 aliphatic carbocycles. The lowest BCUT2D eigenvalue weighted by molar-refractivity contribution is 0.667. The summed E-state index contributed by atoms with van der Waals surface area (Å²) < 4.78 is 6.17. The SMILES string of the molecule is c1ccc2cc(-c3nc(-c4ccc5c(c4)-c4cccc6cccc-5c46)nc(-c4cccc5oc6cnccc6c45)n3)ccc2c1. The van der Waals surface area contributed by atoms with Gasteiger partial charge in [-0.3, -0.25) is 4.98 Å². The van der Waals surface area contributed by atoms with E-state index in [0.29, 0.717) is 17.5 Å². The molecule has 0 radical (unpaired) electrons. The summed E-state index contributed by atoms with van der Waals surface area (Å²) in [5.41, 5.74) is 9.22. The molecule has 0 atom stereocenters. The van der Waals surface area contributed by atoms with Crippen molar-refractivity contribution in [1.82, 2.24) is 19.9 Å². The van der Waals surface area contributed by atoms with Crippen LogP contribution in [0.5, 0.6) is 0 Å². The second-order valence-corrected chi connectivity index (χ2v) is 11.5. The van der Waals surface area contributed by atoms with Gasteiger partial charge in [-0.2, -0.15) is 0 Å². The normalized spacial score (nSPS) is 12.0. The third-order valence-electron chi connectivity index (χ3n) is 8.95. The van der Waals surface area contributed by atoms with E-state index >= 15 is 0 Å². The van der Waals surface area contributed by atoms with Crippen LogP contribution in [0, 0.1) is 0 Å².